The molecule has 0 saturated heterocycles. The molecule has 0 spiro atoms. The van der Waals surface area contributed by atoms with Crippen LogP contribution < -0.4 is 5.73 Å². The highest BCUT2D eigenvalue weighted by atomic mass is 16.5. The van der Waals surface area contributed by atoms with E-state index in [0.29, 0.717) is 6.54 Å². The maximum absolute atomic E-state index is 5.75. The molecule has 0 unspecified atom stereocenters. The van der Waals surface area contributed by atoms with E-state index in [1.54, 1.807) is 12.5 Å². The van der Waals surface area contributed by atoms with Crippen LogP contribution in [-0.2, 0) is 6.54 Å². The Labute approximate surface area is 91.4 Å². The molecule has 0 aliphatic heterocycles. The predicted octanol–water partition coefficient (Wildman–Crippen LogP) is 1.65. The van der Waals surface area contributed by atoms with Gasteiger partial charge < -0.3 is 10.3 Å². The van der Waals surface area contributed by atoms with E-state index in [9.17, 15) is 0 Å². The largest absolute Gasteiger partial charge is 0.399 e. The fourth-order valence-electron chi connectivity index (χ4n) is 1.69. The molecule has 3 aromatic rings. The third kappa shape index (κ3) is 1.42. The standard InChI is InChI=1S/C11H10N4O/c12-10-2-1-9-5-13-15(11(9)3-10)6-8-4-14-16-7-8/h1-5,7H,6,12H2. The van der Waals surface area contributed by atoms with Crippen LogP contribution in [-0.4, -0.2) is 14.9 Å². The SMILES string of the molecule is Nc1ccc2cnn(Cc3cnoc3)c2c1. The van der Waals surface area contributed by atoms with Gasteiger partial charge in [0, 0.05) is 16.6 Å². The Morgan fingerprint density at radius 2 is 2.25 bits per heavy atom. The van der Waals surface area contributed by atoms with Crippen molar-refractivity contribution < 1.29 is 4.52 Å². The number of hydrogen-bond acceptors (Lipinski definition) is 4. The van der Waals surface area contributed by atoms with Gasteiger partial charge in [-0.15, -0.1) is 0 Å². The Bertz CT molecular complexity index is 612. The molecule has 0 fully saturated rings. The van der Waals surface area contributed by atoms with Crippen molar-refractivity contribution in [2.24, 2.45) is 0 Å². The number of benzene rings is 1. The highest BCUT2D eigenvalue weighted by Crippen LogP contribution is 2.17. The predicted molar refractivity (Wildman–Crippen MR) is 59.8 cm³/mol. The van der Waals surface area contributed by atoms with Gasteiger partial charge in [0.1, 0.15) is 6.26 Å². The average Bonchev–Trinajstić information content (AvgIpc) is 2.90. The van der Waals surface area contributed by atoms with Crippen molar-refractivity contribution in [1.82, 2.24) is 14.9 Å². The zero-order valence-electron chi connectivity index (χ0n) is 8.50. The van der Waals surface area contributed by atoms with Gasteiger partial charge >= 0.3 is 0 Å². The molecule has 1 aromatic carbocycles. The van der Waals surface area contributed by atoms with Gasteiger partial charge in [0.15, 0.2) is 0 Å². The number of fused-ring (bicyclic) bond motifs is 1. The summed E-state index contributed by atoms with van der Waals surface area (Å²) >= 11 is 0. The summed E-state index contributed by atoms with van der Waals surface area (Å²) in [6.07, 6.45) is 5.11. The second-order valence-electron chi connectivity index (χ2n) is 3.65. The van der Waals surface area contributed by atoms with Crippen LogP contribution in [0.15, 0.2) is 41.4 Å². The summed E-state index contributed by atoms with van der Waals surface area (Å²) in [6.45, 7) is 0.635. The first-order chi connectivity index (χ1) is 7.83. The van der Waals surface area contributed by atoms with Gasteiger partial charge in [0.05, 0.1) is 24.5 Å². The molecule has 5 nitrogen and oxygen atoms in total. The fraction of sp³-hybridized carbons (Fsp3) is 0.0909. The molecule has 3 rings (SSSR count). The van der Waals surface area contributed by atoms with E-state index in [1.807, 2.05) is 29.1 Å². The lowest BCUT2D eigenvalue weighted by atomic mass is 10.2. The molecule has 0 aliphatic rings. The summed E-state index contributed by atoms with van der Waals surface area (Å²) in [5.41, 5.74) is 8.48. The number of nitrogens with zero attached hydrogens (tertiary/aromatic N) is 3. The molecule has 0 saturated carbocycles. The third-order valence-corrected chi connectivity index (χ3v) is 2.48. The zero-order chi connectivity index (χ0) is 11.0. The topological polar surface area (TPSA) is 69.9 Å². The molecule has 80 valence electrons. The number of rotatable bonds is 2. The van der Waals surface area contributed by atoms with Gasteiger partial charge in [0.2, 0.25) is 0 Å². The Hall–Kier alpha value is -2.30. The van der Waals surface area contributed by atoms with Gasteiger partial charge in [0.25, 0.3) is 0 Å². The lowest BCUT2D eigenvalue weighted by Gasteiger charge is -2.01. The smallest absolute Gasteiger partial charge is 0.128 e. The first-order valence-corrected chi connectivity index (χ1v) is 4.92. The number of nitrogens with two attached hydrogens (primary N) is 1. The Balaban J connectivity index is 2.07. The van der Waals surface area contributed by atoms with Gasteiger partial charge in [-0.3, -0.25) is 4.68 Å². The average molecular weight is 214 g/mol. The third-order valence-electron chi connectivity index (χ3n) is 2.48. The number of nitrogen functional groups attached to an aromatic ring is 1. The van der Waals surface area contributed by atoms with E-state index in [2.05, 4.69) is 10.3 Å². The molecule has 2 aromatic heterocycles. The number of aromatic nitrogens is 3. The summed E-state index contributed by atoms with van der Waals surface area (Å²) in [5, 5.41) is 9.04. The Morgan fingerprint density at radius 1 is 1.31 bits per heavy atom. The van der Waals surface area contributed by atoms with Crippen molar-refractivity contribution in [3.8, 4) is 0 Å². The minimum absolute atomic E-state index is 0.635. The first-order valence-electron chi connectivity index (χ1n) is 4.92. The fourth-order valence-corrected chi connectivity index (χ4v) is 1.69. The molecule has 0 radical (unpaired) electrons. The van der Waals surface area contributed by atoms with E-state index in [-0.39, 0.29) is 0 Å². The lowest BCUT2D eigenvalue weighted by Crippen LogP contribution is -2.00. The molecular formula is C11H10N4O. The van der Waals surface area contributed by atoms with Crippen molar-refractivity contribution in [2.45, 2.75) is 6.54 Å². The summed E-state index contributed by atoms with van der Waals surface area (Å²) < 4.78 is 6.66. The van der Waals surface area contributed by atoms with Crippen LogP contribution in [0.3, 0.4) is 0 Å². The molecular weight excluding hydrogens is 204 g/mol. The lowest BCUT2D eigenvalue weighted by molar-refractivity contribution is 0.418. The maximum atomic E-state index is 5.75. The maximum Gasteiger partial charge on any atom is 0.128 e. The summed E-state index contributed by atoms with van der Waals surface area (Å²) in [6, 6.07) is 5.74. The summed E-state index contributed by atoms with van der Waals surface area (Å²) in [7, 11) is 0. The van der Waals surface area contributed by atoms with Crippen molar-refractivity contribution >= 4 is 16.6 Å². The van der Waals surface area contributed by atoms with Crippen LogP contribution in [0.2, 0.25) is 0 Å². The van der Waals surface area contributed by atoms with Crippen LogP contribution in [0.25, 0.3) is 10.9 Å². The molecule has 2 N–H and O–H groups in total. The van der Waals surface area contributed by atoms with Gasteiger partial charge in [-0.1, -0.05) is 5.16 Å². The Morgan fingerprint density at radius 3 is 3.06 bits per heavy atom. The van der Waals surface area contributed by atoms with Gasteiger partial charge in [-0.25, -0.2) is 0 Å². The number of anilines is 1. The summed E-state index contributed by atoms with van der Waals surface area (Å²) in [5.74, 6) is 0. The second kappa shape index (κ2) is 3.37. The van der Waals surface area contributed by atoms with Crippen molar-refractivity contribution in [3.63, 3.8) is 0 Å². The molecule has 5 heteroatoms. The minimum Gasteiger partial charge on any atom is -0.399 e. The van der Waals surface area contributed by atoms with E-state index >= 15 is 0 Å². The normalized spacial score (nSPS) is 11.0. The minimum atomic E-state index is 0.635. The van der Waals surface area contributed by atoms with E-state index < -0.39 is 0 Å². The first kappa shape index (κ1) is 8.96. The quantitative estimate of drug-likeness (QED) is 0.658. The van der Waals surface area contributed by atoms with E-state index in [0.717, 1.165) is 22.2 Å². The summed E-state index contributed by atoms with van der Waals surface area (Å²) in [4.78, 5) is 0. The molecule has 0 amide bonds. The van der Waals surface area contributed by atoms with E-state index in [1.165, 1.54) is 0 Å². The highest BCUT2D eigenvalue weighted by Gasteiger charge is 2.04. The molecule has 0 aliphatic carbocycles. The monoisotopic (exact) mass is 214 g/mol. The van der Waals surface area contributed by atoms with Crippen LogP contribution >= 0.6 is 0 Å². The van der Waals surface area contributed by atoms with Gasteiger partial charge in [-0.05, 0) is 18.2 Å². The van der Waals surface area contributed by atoms with Crippen molar-refractivity contribution in [3.05, 3.63) is 42.4 Å². The molecule has 0 atom stereocenters. The second-order valence-corrected chi connectivity index (χ2v) is 3.65. The van der Waals surface area contributed by atoms with Crippen LogP contribution in [0.5, 0.6) is 0 Å². The zero-order valence-corrected chi connectivity index (χ0v) is 8.50. The molecule has 16 heavy (non-hydrogen) atoms. The van der Waals surface area contributed by atoms with E-state index in [4.69, 9.17) is 10.3 Å². The van der Waals surface area contributed by atoms with Crippen molar-refractivity contribution in [1.29, 1.82) is 0 Å². The Kier molecular flexibility index (Phi) is 1.89. The van der Waals surface area contributed by atoms with Crippen LogP contribution in [0, 0.1) is 0 Å². The van der Waals surface area contributed by atoms with Gasteiger partial charge in [-0.2, -0.15) is 5.10 Å². The number of hydrogen-bond donors (Lipinski definition) is 1. The molecule has 2 heterocycles. The molecule has 0 bridgehead atoms. The highest BCUT2D eigenvalue weighted by molar-refractivity contribution is 5.81. The van der Waals surface area contributed by atoms with Crippen LogP contribution in [0.4, 0.5) is 5.69 Å². The van der Waals surface area contributed by atoms with Crippen molar-refractivity contribution in [2.75, 3.05) is 5.73 Å². The van der Waals surface area contributed by atoms with Crippen LogP contribution in [0.1, 0.15) is 5.56 Å².